The van der Waals surface area contributed by atoms with Crippen LogP contribution in [0.15, 0.2) is 95.0 Å². The molecular weight excluding hydrogens is 1720 g/mol. The molecule has 4 rings (SSSR count). The van der Waals surface area contributed by atoms with Gasteiger partial charge in [0.15, 0.2) is 40.8 Å². The fourth-order valence-electron chi connectivity index (χ4n) is 16.1. The Morgan fingerprint density at radius 2 is 0.955 bits per heavy atom. The number of nitrogens with zero attached hydrogens (tertiary/aromatic N) is 2. The Bertz CT molecular complexity index is 4290. The number of nitrogens with one attached hydrogen (secondary N) is 7. The highest BCUT2D eigenvalue weighted by Gasteiger charge is 2.39. The van der Waals surface area contributed by atoms with E-state index in [9.17, 15) is 77.6 Å². The summed E-state index contributed by atoms with van der Waals surface area (Å²) in [6, 6.07) is 17.0. The number of carbonyl (C=O) groups excluding carboxylic acids is 13. The summed E-state index contributed by atoms with van der Waals surface area (Å²) in [5.41, 5.74) is 36.9. The number of fused-ring (bicyclic) bond motifs is 1. The van der Waals surface area contributed by atoms with Crippen molar-refractivity contribution >= 4 is 117 Å². The van der Waals surface area contributed by atoms with Gasteiger partial charge in [-0.05, 0) is 143 Å². The van der Waals surface area contributed by atoms with Crippen molar-refractivity contribution in [3.63, 3.8) is 0 Å². The number of phenols is 1. The summed E-state index contributed by atoms with van der Waals surface area (Å²) in [6.07, 6.45) is 19.4. The molecule has 1 heterocycles. The van der Waals surface area contributed by atoms with Crippen molar-refractivity contribution in [3.8, 4) is 5.75 Å². The van der Waals surface area contributed by atoms with Crippen molar-refractivity contribution in [1.29, 1.82) is 0 Å². The number of rotatable bonds is 72. The monoisotopic (exact) mass is 1880 g/mol. The lowest BCUT2D eigenvalue weighted by Crippen LogP contribution is -2.51. The van der Waals surface area contributed by atoms with Gasteiger partial charge < -0.3 is 91.7 Å². The van der Waals surface area contributed by atoms with E-state index < -0.39 is 162 Å². The fourth-order valence-corrected chi connectivity index (χ4v) is 16.7. The second-order valence-corrected chi connectivity index (χ2v) is 36.9. The number of benzene rings is 3. The first-order valence-corrected chi connectivity index (χ1v) is 49.2. The average Bonchev–Trinajstić information content (AvgIpc) is 1.77. The lowest BCUT2D eigenvalue weighted by Gasteiger charge is -2.27. The summed E-state index contributed by atoms with van der Waals surface area (Å²) in [5.74, 6) is -14.1. The van der Waals surface area contributed by atoms with Crippen LogP contribution in [0.25, 0.3) is 10.9 Å². The smallest absolute Gasteiger partial charge is 0.304 e. The molecule has 7 amide bonds. The number of nitrogens with two attached hydrogens (primary N) is 6. The number of aromatic amines is 1. The van der Waals surface area contributed by atoms with Crippen molar-refractivity contribution in [2.75, 3.05) is 45.3 Å². The molecule has 3 aromatic carbocycles. The number of phenolic OH excluding ortho intramolecular Hbond substituents is 1. The molecule has 0 fully saturated rings. The van der Waals surface area contributed by atoms with E-state index in [1.54, 1.807) is 25.3 Å². The number of carboxylic acids is 1. The van der Waals surface area contributed by atoms with Crippen molar-refractivity contribution in [1.82, 2.24) is 36.9 Å². The number of hydrogen-bond donors (Lipinski definition) is 17. The summed E-state index contributed by atoms with van der Waals surface area (Å²) in [6.45, 7) is 13.0. The van der Waals surface area contributed by atoms with E-state index in [1.807, 2.05) is 88.5 Å². The second kappa shape index (κ2) is 66.0. The topological polar surface area (TPSA) is 589 Å². The van der Waals surface area contributed by atoms with Crippen LogP contribution in [0.5, 0.6) is 5.75 Å². The van der Waals surface area contributed by atoms with Gasteiger partial charge in [-0.25, -0.2) is 0 Å². The van der Waals surface area contributed by atoms with E-state index in [0.29, 0.717) is 75.8 Å². The van der Waals surface area contributed by atoms with E-state index in [1.165, 1.54) is 95.7 Å². The molecule has 0 saturated carbocycles. The van der Waals surface area contributed by atoms with Crippen molar-refractivity contribution in [2.45, 2.75) is 303 Å². The Balaban J connectivity index is 0.000000755. The van der Waals surface area contributed by atoms with Crippen LogP contribution < -0.4 is 66.3 Å². The SMILES string of the molecule is CCCCCCCCCCCCCCCC(=O)N[C@@H](Cc1ccc(O)cc1)C(=O)C[C@@H](CO)C(=O)N[C@H](C(=O)C[C@@H](CC(=O)O)C(=O)NC)[C@@H](C)O.CC[C@H](C)[C@H](CC(=O)[C@H](Cc1ccccc1)NC(=O)[C@H](CCSC)CC(=O)[C@H](Cc1c[nH]c2ccccc12)NC(=O)[C@H](CCCCN)CC(=O)[C@H](CCCN=C(N)N)NC(=O)[C@@H](CC(=O)[C@@H](C)CCCN=C(N)N)CC(C)C)C(N)=O. The maximum atomic E-state index is 15.0. The molecule has 0 unspecified atom stereocenters. The Morgan fingerprint density at radius 1 is 0.474 bits per heavy atom. The van der Waals surface area contributed by atoms with E-state index >= 15 is 4.79 Å². The molecule has 33 nitrogen and oxygen atoms in total. The molecular formula is C99H157N15O18S. The zero-order valence-corrected chi connectivity index (χ0v) is 80.9. The number of thioether (sulfide) groups is 1. The number of aromatic hydroxyl groups is 1. The Labute approximate surface area is 790 Å². The summed E-state index contributed by atoms with van der Waals surface area (Å²) in [5, 5.41) is 56.4. The number of guanidine groups is 2. The molecule has 133 heavy (non-hydrogen) atoms. The van der Waals surface area contributed by atoms with Crippen molar-refractivity contribution in [2.24, 2.45) is 97.6 Å². The first kappa shape index (κ1) is 117. The zero-order valence-electron chi connectivity index (χ0n) is 80.1. The zero-order chi connectivity index (χ0) is 98.9. The third-order valence-corrected chi connectivity index (χ3v) is 25.0. The fraction of sp³-hybridized carbons (Fsp3) is 0.636. The van der Waals surface area contributed by atoms with E-state index in [0.717, 1.165) is 41.3 Å². The quantitative estimate of drug-likeness (QED) is 0.0111. The largest absolute Gasteiger partial charge is 0.508 e. The van der Waals surface area contributed by atoms with Crippen molar-refractivity contribution in [3.05, 3.63) is 102 Å². The number of aliphatic hydroxyl groups is 2. The Kier molecular flexibility index (Phi) is 58.0. The van der Waals surface area contributed by atoms with Crippen LogP contribution in [0.4, 0.5) is 0 Å². The molecule has 0 spiro atoms. The first-order chi connectivity index (χ1) is 63.4. The van der Waals surface area contributed by atoms with Crippen LogP contribution in [0.3, 0.4) is 0 Å². The molecule has 4 aromatic rings. The van der Waals surface area contributed by atoms with E-state index in [2.05, 4.69) is 53.8 Å². The molecule has 34 heteroatoms. The number of aliphatic carboxylic acids is 1. The highest BCUT2D eigenvalue weighted by atomic mass is 32.2. The van der Waals surface area contributed by atoms with Gasteiger partial charge in [0.25, 0.3) is 0 Å². The van der Waals surface area contributed by atoms with Crippen LogP contribution in [0, 0.1) is 53.3 Å². The van der Waals surface area contributed by atoms with Gasteiger partial charge in [0.05, 0.1) is 55.1 Å². The van der Waals surface area contributed by atoms with Crippen LogP contribution in [0.2, 0.25) is 0 Å². The number of hydrogen-bond acceptors (Lipinski definition) is 21. The maximum absolute atomic E-state index is 15.0. The highest BCUT2D eigenvalue weighted by molar-refractivity contribution is 7.98. The highest BCUT2D eigenvalue weighted by Crippen LogP contribution is 2.29. The van der Waals surface area contributed by atoms with Gasteiger partial charge >= 0.3 is 5.97 Å². The number of para-hydroxylation sites is 1. The molecule has 742 valence electrons. The maximum Gasteiger partial charge on any atom is 0.304 e. The van der Waals surface area contributed by atoms with Gasteiger partial charge in [0.1, 0.15) is 17.6 Å². The number of amides is 7. The molecule has 0 radical (unpaired) electrons. The molecule has 0 aliphatic rings. The van der Waals surface area contributed by atoms with Crippen LogP contribution >= 0.6 is 11.8 Å². The first-order valence-electron chi connectivity index (χ1n) is 47.8. The predicted octanol–water partition coefficient (Wildman–Crippen LogP) is 9.04. The lowest BCUT2D eigenvalue weighted by molar-refractivity contribution is -0.142. The van der Waals surface area contributed by atoms with Crippen LogP contribution in [-0.2, 0) is 86.4 Å². The Morgan fingerprint density at radius 3 is 1.48 bits per heavy atom. The number of primary amides is 1. The molecule has 14 atom stereocenters. The summed E-state index contributed by atoms with van der Waals surface area (Å²) in [7, 11) is 1.29. The molecule has 23 N–H and O–H groups in total. The molecule has 0 saturated heterocycles. The normalized spacial score (nSPS) is 14.4. The number of H-pyrrole nitrogens is 1. The number of carboxylic acid groups (broad SMARTS) is 1. The van der Waals surface area contributed by atoms with Crippen molar-refractivity contribution < 1.29 is 87.5 Å². The molecule has 1 aromatic heterocycles. The van der Waals surface area contributed by atoms with Gasteiger partial charge in [-0.2, -0.15) is 11.8 Å². The minimum Gasteiger partial charge on any atom is -0.508 e. The van der Waals surface area contributed by atoms with Gasteiger partial charge in [0, 0.05) is 118 Å². The van der Waals surface area contributed by atoms with E-state index in [4.69, 9.17) is 39.5 Å². The molecule has 0 aliphatic carbocycles. The number of aliphatic imine (C=N–C) groups is 2. The van der Waals surface area contributed by atoms with Gasteiger partial charge in [-0.3, -0.25) is 77.1 Å². The van der Waals surface area contributed by atoms with Gasteiger partial charge in [0.2, 0.25) is 41.4 Å². The second-order valence-electron chi connectivity index (χ2n) is 35.9. The summed E-state index contributed by atoms with van der Waals surface area (Å²) in [4.78, 5) is 201. The summed E-state index contributed by atoms with van der Waals surface area (Å²) >= 11 is 1.49. The lowest BCUT2D eigenvalue weighted by atomic mass is 9.84. The number of carbonyl (C=O) groups is 14. The number of aromatic nitrogens is 1. The van der Waals surface area contributed by atoms with E-state index in [-0.39, 0.29) is 130 Å². The molecule has 0 bridgehead atoms. The summed E-state index contributed by atoms with van der Waals surface area (Å²) < 4.78 is 0. The van der Waals surface area contributed by atoms with Crippen LogP contribution in [-0.4, -0.2) is 201 Å². The standard InChI is InChI=1S/C60H94N12O8S.C39H63N3O10/c1-7-38(4)46(55(62)77)35-54(76)49(30-40-18-9-8-10-19-40)71-57(79)42(24-28-81-6)33-53(75)50(31-44-36-69-47-22-12-11-21-45(44)47)72-56(78)41(20-13-14-25-61)32-52(74)48(23-16-27-68-60(65)66)70-58(80)43(29-37(2)3)34-51(73)39(5)17-15-26-67-59(63)64;1-4-5-6-7-8-9-10-11-12-13-14-15-16-17-35(48)41-32(22-28-18-20-31(45)21-19-28)33(46)24-30(26-43)39(52)42-37(27(2)44)34(47)23-29(25-36(49)50)38(51)40-3/h8-12,18-19,21-22,36-39,41-43,46,48-50,69H,7,13-17,20,23-35,61H2,1-6H3,(H2,62,77)(H,70,80)(H,71,79)(H,72,78)(H4,63,64,67)(H4,65,66,68);18-21,27,29-30,32,37,43-45H,4-17,22-26H2,1-3H3,(H,40,51)(H,41,48)(H,42,52)(H,49,50)/t38-,39-,41+,42+,43+,46-,48-,49-,50-;27-,29+,30+,32+,37+/m01/s1. The number of aliphatic hydroxyl groups excluding tert-OH is 2. The van der Waals surface area contributed by atoms with Gasteiger partial charge in [-0.1, -0.05) is 192 Å². The van der Waals surface area contributed by atoms with Gasteiger partial charge in [-0.15, -0.1) is 0 Å². The minimum atomic E-state index is -1.54. The number of unbranched alkanes of at least 4 members (excludes halogenated alkanes) is 13. The third-order valence-electron chi connectivity index (χ3n) is 24.3. The molecule has 0 aliphatic heterocycles. The third kappa shape index (κ3) is 47.3. The van der Waals surface area contributed by atoms with Crippen LogP contribution in [0.1, 0.15) is 264 Å². The number of ketones is 6. The number of Topliss-reactive ketones (excluding diaryl/α,β-unsaturated/α-hetero) is 6. The Hall–Kier alpha value is -10.4. The average molecular weight is 1880 g/mol. The predicted molar refractivity (Wildman–Crippen MR) is 521 cm³/mol. The minimum absolute atomic E-state index is 0.0295.